The maximum atomic E-state index is 11.4. The van der Waals surface area contributed by atoms with Gasteiger partial charge in [0.2, 0.25) is 0 Å². The zero-order chi connectivity index (χ0) is 12.1. The molecule has 0 aromatic heterocycles. The Balaban J connectivity index is 4.35. The molecule has 0 aromatic carbocycles. The van der Waals surface area contributed by atoms with Crippen molar-refractivity contribution in [1.82, 2.24) is 0 Å². The molecule has 0 aliphatic carbocycles. The van der Waals surface area contributed by atoms with Crippen LogP contribution < -0.4 is 0 Å². The van der Waals surface area contributed by atoms with Gasteiger partial charge in [0.25, 0.3) is 0 Å². The molecule has 3 heteroatoms. The molecule has 0 amide bonds. The Morgan fingerprint density at radius 3 is 2.33 bits per heavy atom. The number of hydrogen-bond donors (Lipinski definition) is 0. The number of rotatable bonds is 3. The molecule has 0 fully saturated rings. The summed E-state index contributed by atoms with van der Waals surface area (Å²) in [5.41, 5.74) is -0.0191. The zero-order valence-electron chi connectivity index (χ0n) is 10.1. The summed E-state index contributed by atoms with van der Waals surface area (Å²) in [7, 11) is 0. The van der Waals surface area contributed by atoms with Gasteiger partial charge >= 0.3 is 5.97 Å². The lowest BCUT2D eigenvalue weighted by atomic mass is 10.1. The van der Waals surface area contributed by atoms with Crippen molar-refractivity contribution in [3.63, 3.8) is 0 Å². The summed E-state index contributed by atoms with van der Waals surface area (Å²) < 4.78 is 5.12. The first kappa shape index (κ1) is 13.7. The van der Waals surface area contributed by atoms with Gasteiger partial charge in [-0.25, -0.2) is 0 Å². The fraction of sp³-hybridized carbons (Fsp3) is 0.667. The maximum Gasteiger partial charge on any atom is 0.311 e. The van der Waals surface area contributed by atoms with Gasteiger partial charge in [0.05, 0.1) is 12.5 Å². The van der Waals surface area contributed by atoms with E-state index in [4.69, 9.17) is 10.00 Å². The Kier molecular flexibility index (Phi) is 5.07. The molecule has 0 heterocycles. The van der Waals surface area contributed by atoms with E-state index in [-0.39, 0.29) is 18.3 Å². The van der Waals surface area contributed by atoms with E-state index >= 15 is 0 Å². The van der Waals surface area contributed by atoms with Gasteiger partial charge in [-0.15, -0.1) is 0 Å². The lowest BCUT2D eigenvalue weighted by molar-refractivity contribution is -0.153. The third-order valence-corrected chi connectivity index (χ3v) is 1.43. The normalized spacial score (nSPS) is 12.5. The molecule has 0 rings (SSSR count). The largest absolute Gasteiger partial charge is 0.460 e. The average molecular weight is 209 g/mol. The summed E-state index contributed by atoms with van der Waals surface area (Å²) in [6, 6.07) is 2.01. The Morgan fingerprint density at radius 1 is 1.47 bits per heavy atom. The average Bonchev–Trinajstić information content (AvgIpc) is 1.98. The summed E-state index contributed by atoms with van der Waals surface area (Å²) in [6.45, 7) is 9.36. The monoisotopic (exact) mass is 209 g/mol. The molecule has 0 saturated carbocycles. The molecule has 0 unspecified atom stereocenters. The summed E-state index contributed by atoms with van der Waals surface area (Å²) in [5, 5.41) is 8.80. The van der Waals surface area contributed by atoms with E-state index in [1.54, 1.807) is 6.08 Å². The number of nitriles is 1. The maximum absolute atomic E-state index is 11.4. The topological polar surface area (TPSA) is 50.1 Å². The van der Waals surface area contributed by atoms with Crippen LogP contribution in [0.3, 0.4) is 0 Å². The number of allylic oxidation sites excluding steroid dienone is 1. The van der Waals surface area contributed by atoms with Crippen molar-refractivity contribution in [3.05, 3.63) is 11.6 Å². The highest BCUT2D eigenvalue weighted by atomic mass is 16.6. The minimum Gasteiger partial charge on any atom is -0.460 e. The molecule has 0 aliphatic heterocycles. The minimum atomic E-state index is -0.491. The number of hydrogen-bond acceptors (Lipinski definition) is 3. The highest BCUT2D eigenvalue weighted by Gasteiger charge is 2.17. The predicted molar refractivity (Wildman–Crippen MR) is 59.0 cm³/mol. The van der Waals surface area contributed by atoms with Gasteiger partial charge in [-0.05, 0) is 26.7 Å². The molecule has 0 spiro atoms. The first-order valence-electron chi connectivity index (χ1n) is 5.07. The van der Waals surface area contributed by atoms with Gasteiger partial charge in [-0.3, -0.25) is 4.79 Å². The van der Waals surface area contributed by atoms with Crippen LogP contribution in [0.5, 0.6) is 0 Å². The zero-order valence-corrected chi connectivity index (χ0v) is 10.1. The second kappa shape index (κ2) is 5.55. The highest BCUT2D eigenvalue weighted by molar-refractivity contribution is 5.74. The first-order valence-corrected chi connectivity index (χ1v) is 5.07. The lowest BCUT2D eigenvalue weighted by Gasteiger charge is -2.19. The van der Waals surface area contributed by atoms with Crippen molar-refractivity contribution in [1.29, 1.82) is 5.26 Å². The number of carbonyl (C=O) groups is 1. The minimum absolute atomic E-state index is 0.0615. The molecular weight excluding hydrogens is 190 g/mol. The number of nitrogens with zero attached hydrogens (tertiary/aromatic N) is 1. The molecule has 0 aliphatic rings. The van der Waals surface area contributed by atoms with Crippen molar-refractivity contribution in [3.8, 4) is 6.07 Å². The fourth-order valence-corrected chi connectivity index (χ4v) is 1.07. The summed E-state index contributed by atoms with van der Waals surface area (Å²) in [4.78, 5) is 11.4. The molecule has 0 N–H and O–H groups in total. The molecule has 15 heavy (non-hydrogen) atoms. The van der Waals surface area contributed by atoms with Crippen molar-refractivity contribution in [2.24, 2.45) is 5.92 Å². The molecule has 0 bridgehead atoms. The van der Waals surface area contributed by atoms with E-state index in [1.165, 1.54) is 0 Å². The molecular formula is C12H19NO2. The standard InChI is InChI=1S/C12H19NO2/c1-9(2)6-10(8-13)7-11(14)15-12(3,4)5/h6,9H,7H2,1-5H3/b10-6-. The van der Waals surface area contributed by atoms with Crippen LogP contribution in [-0.4, -0.2) is 11.6 Å². The van der Waals surface area contributed by atoms with Crippen molar-refractivity contribution in [2.75, 3.05) is 0 Å². The van der Waals surface area contributed by atoms with Crippen LogP contribution in [-0.2, 0) is 9.53 Å². The number of carbonyl (C=O) groups excluding carboxylic acids is 1. The van der Waals surface area contributed by atoms with Gasteiger partial charge in [0, 0.05) is 5.57 Å². The molecule has 0 radical (unpaired) electrons. The van der Waals surface area contributed by atoms with E-state index in [1.807, 2.05) is 40.7 Å². The second-order valence-electron chi connectivity index (χ2n) is 4.81. The molecule has 0 atom stereocenters. The van der Waals surface area contributed by atoms with Gasteiger partial charge in [-0.2, -0.15) is 5.26 Å². The van der Waals surface area contributed by atoms with Crippen LogP contribution in [0.4, 0.5) is 0 Å². The smallest absolute Gasteiger partial charge is 0.311 e. The van der Waals surface area contributed by atoms with Crippen LogP contribution in [0, 0.1) is 17.2 Å². The third-order valence-electron chi connectivity index (χ3n) is 1.43. The van der Waals surface area contributed by atoms with E-state index in [2.05, 4.69) is 0 Å². The summed E-state index contributed by atoms with van der Waals surface area (Å²) in [5.74, 6) is -0.0852. The molecule has 3 nitrogen and oxygen atoms in total. The van der Waals surface area contributed by atoms with Crippen LogP contribution in [0.2, 0.25) is 0 Å². The van der Waals surface area contributed by atoms with E-state index in [0.717, 1.165) is 0 Å². The molecule has 0 aromatic rings. The van der Waals surface area contributed by atoms with Crippen molar-refractivity contribution in [2.45, 2.75) is 46.6 Å². The van der Waals surface area contributed by atoms with Crippen LogP contribution in [0.1, 0.15) is 41.0 Å². The first-order chi connectivity index (χ1) is 6.74. The van der Waals surface area contributed by atoms with Crippen LogP contribution in [0.25, 0.3) is 0 Å². The summed E-state index contributed by atoms with van der Waals surface area (Å²) >= 11 is 0. The predicted octanol–water partition coefficient (Wildman–Crippen LogP) is 2.82. The van der Waals surface area contributed by atoms with E-state index in [0.29, 0.717) is 5.57 Å². The van der Waals surface area contributed by atoms with Crippen molar-refractivity contribution >= 4 is 5.97 Å². The van der Waals surface area contributed by atoms with Gasteiger partial charge < -0.3 is 4.74 Å². The number of esters is 1. The Hall–Kier alpha value is -1.30. The molecule has 84 valence electrons. The quantitative estimate of drug-likeness (QED) is 0.530. The highest BCUT2D eigenvalue weighted by Crippen LogP contribution is 2.12. The lowest BCUT2D eigenvalue weighted by Crippen LogP contribution is -2.23. The third kappa shape index (κ3) is 7.75. The Bertz CT molecular complexity index is 290. The fourth-order valence-electron chi connectivity index (χ4n) is 1.07. The van der Waals surface area contributed by atoms with Crippen LogP contribution >= 0.6 is 0 Å². The molecule has 0 saturated heterocycles. The van der Waals surface area contributed by atoms with Crippen LogP contribution in [0.15, 0.2) is 11.6 Å². The number of ether oxygens (including phenoxy) is 1. The van der Waals surface area contributed by atoms with Gasteiger partial charge in [0.1, 0.15) is 5.60 Å². The van der Waals surface area contributed by atoms with E-state index < -0.39 is 5.60 Å². The van der Waals surface area contributed by atoms with Crippen molar-refractivity contribution < 1.29 is 9.53 Å². The summed E-state index contributed by atoms with van der Waals surface area (Å²) in [6.07, 6.45) is 1.84. The SMILES string of the molecule is CC(C)/C=C(\C#N)CC(=O)OC(C)(C)C. The second-order valence-corrected chi connectivity index (χ2v) is 4.81. The van der Waals surface area contributed by atoms with Gasteiger partial charge in [0.15, 0.2) is 0 Å². The Morgan fingerprint density at radius 2 is 2.00 bits per heavy atom. The van der Waals surface area contributed by atoms with E-state index in [9.17, 15) is 4.79 Å². The van der Waals surface area contributed by atoms with Gasteiger partial charge in [-0.1, -0.05) is 19.9 Å². The Labute approximate surface area is 91.7 Å².